The molecule has 0 aliphatic rings. The highest BCUT2D eigenvalue weighted by atomic mass is 16.5. The molecule has 0 bridgehead atoms. The van der Waals surface area contributed by atoms with Gasteiger partial charge in [-0.1, -0.05) is 18.2 Å². The van der Waals surface area contributed by atoms with Gasteiger partial charge in [-0.25, -0.2) is 0 Å². The summed E-state index contributed by atoms with van der Waals surface area (Å²) in [4.78, 5) is 15.4. The second kappa shape index (κ2) is 9.05. The van der Waals surface area contributed by atoms with E-state index in [1.807, 2.05) is 24.3 Å². The first-order valence-corrected chi connectivity index (χ1v) is 8.91. The molecule has 1 aromatic heterocycles. The first-order chi connectivity index (χ1) is 14.0. The molecule has 9 nitrogen and oxygen atoms in total. The molecule has 1 heterocycles. The molecule has 2 aromatic carbocycles. The van der Waals surface area contributed by atoms with Gasteiger partial charge >= 0.3 is 0 Å². The zero-order chi connectivity index (χ0) is 20.8. The third-order valence-electron chi connectivity index (χ3n) is 4.40. The average molecular weight is 397 g/mol. The first kappa shape index (κ1) is 20.1. The van der Waals surface area contributed by atoms with E-state index >= 15 is 0 Å². The van der Waals surface area contributed by atoms with Gasteiger partial charge in [-0.2, -0.15) is 4.80 Å². The molecule has 0 aliphatic carbocycles. The van der Waals surface area contributed by atoms with Gasteiger partial charge in [0, 0.05) is 24.7 Å². The zero-order valence-electron chi connectivity index (χ0n) is 16.8. The van der Waals surface area contributed by atoms with Crippen molar-refractivity contribution in [3.8, 4) is 28.6 Å². The highest BCUT2D eigenvalue weighted by Crippen LogP contribution is 2.30. The minimum Gasteiger partial charge on any atom is -0.496 e. The summed E-state index contributed by atoms with van der Waals surface area (Å²) in [7, 11) is 6.46. The number of hydrogen-bond donors (Lipinski definition) is 0. The number of likely N-dealkylation sites (N-methyl/N-ethyl adjacent to an activating group) is 1. The quantitative estimate of drug-likeness (QED) is 0.574. The number of amides is 1. The zero-order valence-corrected chi connectivity index (χ0v) is 16.8. The molecule has 0 radical (unpaired) electrons. The number of rotatable bonds is 8. The van der Waals surface area contributed by atoms with Crippen LogP contribution in [-0.2, 0) is 17.9 Å². The third kappa shape index (κ3) is 4.63. The summed E-state index contributed by atoms with van der Waals surface area (Å²) in [6.07, 6.45) is 0. The minimum atomic E-state index is -0.146. The van der Waals surface area contributed by atoms with Crippen molar-refractivity contribution < 1.29 is 19.0 Å². The molecule has 0 saturated heterocycles. The highest BCUT2D eigenvalue weighted by Gasteiger charge is 2.16. The Kier molecular flexibility index (Phi) is 6.28. The number of methoxy groups -OCH3 is 3. The number of hydrogen-bond acceptors (Lipinski definition) is 7. The van der Waals surface area contributed by atoms with Crippen LogP contribution in [0, 0.1) is 0 Å². The van der Waals surface area contributed by atoms with E-state index in [4.69, 9.17) is 14.2 Å². The van der Waals surface area contributed by atoms with Gasteiger partial charge in [-0.3, -0.25) is 4.79 Å². The first-order valence-electron chi connectivity index (χ1n) is 8.91. The molecule has 0 saturated carbocycles. The number of carbonyl (C=O) groups is 1. The van der Waals surface area contributed by atoms with Crippen LogP contribution in [0.1, 0.15) is 5.56 Å². The van der Waals surface area contributed by atoms with Gasteiger partial charge in [0.2, 0.25) is 11.7 Å². The third-order valence-corrected chi connectivity index (χ3v) is 4.40. The maximum atomic E-state index is 12.6. The van der Waals surface area contributed by atoms with Crippen molar-refractivity contribution in [1.29, 1.82) is 0 Å². The number of tetrazole rings is 1. The van der Waals surface area contributed by atoms with Gasteiger partial charge in [0.15, 0.2) is 11.5 Å². The number of nitrogens with zero attached hydrogens (tertiary/aromatic N) is 5. The minimum absolute atomic E-state index is 0.0219. The molecule has 152 valence electrons. The van der Waals surface area contributed by atoms with E-state index in [0.29, 0.717) is 29.4 Å². The summed E-state index contributed by atoms with van der Waals surface area (Å²) in [5.74, 6) is 2.16. The van der Waals surface area contributed by atoms with Crippen LogP contribution in [0.5, 0.6) is 17.2 Å². The van der Waals surface area contributed by atoms with E-state index in [2.05, 4.69) is 15.4 Å². The SMILES string of the molecule is COc1ccccc1CN(C)C(=O)Cn1nnc(-c2ccc(OC)c(OC)c2)n1. The van der Waals surface area contributed by atoms with E-state index < -0.39 is 0 Å². The Morgan fingerprint density at radius 1 is 1.00 bits per heavy atom. The summed E-state index contributed by atoms with van der Waals surface area (Å²) in [6, 6.07) is 12.9. The van der Waals surface area contributed by atoms with Crippen molar-refractivity contribution >= 4 is 5.91 Å². The van der Waals surface area contributed by atoms with Gasteiger partial charge in [0.25, 0.3) is 0 Å². The number of aromatic nitrogens is 4. The summed E-state index contributed by atoms with van der Waals surface area (Å²) in [5, 5.41) is 12.3. The van der Waals surface area contributed by atoms with Gasteiger partial charge < -0.3 is 19.1 Å². The molecular formula is C20H23N5O4. The molecule has 29 heavy (non-hydrogen) atoms. The van der Waals surface area contributed by atoms with Crippen molar-refractivity contribution in [2.24, 2.45) is 0 Å². The fraction of sp³-hybridized carbons (Fsp3) is 0.300. The molecule has 0 unspecified atom stereocenters. The van der Waals surface area contributed by atoms with Crippen LogP contribution in [0.25, 0.3) is 11.4 Å². The van der Waals surface area contributed by atoms with Crippen LogP contribution in [0.2, 0.25) is 0 Å². The summed E-state index contributed by atoms with van der Waals surface area (Å²) < 4.78 is 15.9. The fourth-order valence-corrected chi connectivity index (χ4v) is 2.82. The van der Waals surface area contributed by atoms with E-state index in [-0.39, 0.29) is 12.5 Å². The molecule has 0 fully saturated rings. The maximum Gasteiger partial charge on any atom is 0.246 e. The second-order valence-electron chi connectivity index (χ2n) is 6.27. The number of carbonyl (C=O) groups excluding carboxylic acids is 1. The maximum absolute atomic E-state index is 12.6. The van der Waals surface area contributed by atoms with Crippen molar-refractivity contribution in [3.05, 3.63) is 48.0 Å². The standard InChI is InChI=1S/C20H23N5O4/c1-24(12-15-7-5-6-8-16(15)27-2)19(26)13-25-22-20(21-23-25)14-9-10-17(28-3)18(11-14)29-4/h5-11H,12-13H2,1-4H3. The lowest BCUT2D eigenvalue weighted by atomic mass is 10.2. The Hall–Kier alpha value is -3.62. The molecular weight excluding hydrogens is 374 g/mol. The molecule has 9 heteroatoms. The largest absolute Gasteiger partial charge is 0.496 e. The molecule has 0 atom stereocenters. The molecule has 3 aromatic rings. The molecule has 0 aliphatic heterocycles. The lowest BCUT2D eigenvalue weighted by Gasteiger charge is -2.18. The van der Waals surface area contributed by atoms with Crippen LogP contribution in [-0.4, -0.2) is 59.4 Å². The second-order valence-corrected chi connectivity index (χ2v) is 6.27. The average Bonchev–Trinajstić information content (AvgIpc) is 3.21. The Balaban J connectivity index is 1.68. The van der Waals surface area contributed by atoms with Crippen LogP contribution in [0.4, 0.5) is 0 Å². The van der Waals surface area contributed by atoms with Crippen LogP contribution < -0.4 is 14.2 Å². The number of ether oxygens (including phenoxy) is 3. The summed E-state index contributed by atoms with van der Waals surface area (Å²) >= 11 is 0. The predicted octanol–water partition coefficient (Wildman–Crippen LogP) is 2.02. The fourth-order valence-electron chi connectivity index (χ4n) is 2.82. The van der Waals surface area contributed by atoms with E-state index in [0.717, 1.165) is 11.3 Å². The van der Waals surface area contributed by atoms with Crippen LogP contribution in [0.3, 0.4) is 0 Å². The molecule has 0 spiro atoms. The Morgan fingerprint density at radius 3 is 2.45 bits per heavy atom. The van der Waals surface area contributed by atoms with Gasteiger partial charge in [0.1, 0.15) is 12.3 Å². The smallest absolute Gasteiger partial charge is 0.246 e. The van der Waals surface area contributed by atoms with E-state index in [1.165, 1.54) is 4.80 Å². The summed E-state index contributed by atoms with van der Waals surface area (Å²) in [6.45, 7) is 0.395. The van der Waals surface area contributed by atoms with Gasteiger partial charge in [-0.15, -0.1) is 10.2 Å². The van der Waals surface area contributed by atoms with Crippen LogP contribution in [0.15, 0.2) is 42.5 Å². The Bertz CT molecular complexity index is 989. The monoisotopic (exact) mass is 397 g/mol. The van der Waals surface area contributed by atoms with Crippen LogP contribution >= 0.6 is 0 Å². The molecule has 1 amide bonds. The Labute approximate surface area is 168 Å². The van der Waals surface area contributed by atoms with E-state index in [1.54, 1.807) is 51.5 Å². The van der Waals surface area contributed by atoms with Crippen molar-refractivity contribution in [3.63, 3.8) is 0 Å². The molecule has 3 rings (SSSR count). The van der Waals surface area contributed by atoms with Crippen molar-refractivity contribution in [2.75, 3.05) is 28.4 Å². The number of para-hydroxylation sites is 1. The predicted molar refractivity (Wildman–Crippen MR) is 106 cm³/mol. The van der Waals surface area contributed by atoms with Crippen molar-refractivity contribution in [2.45, 2.75) is 13.1 Å². The van der Waals surface area contributed by atoms with Crippen molar-refractivity contribution in [1.82, 2.24) is 25.1 Å². The van der Waals surface area contributed by atoms with E-state index in [9.17, 15) is 4.79 Å². The van der Waals surface area contributed by atoms with Gasteiger partial charge in [0.05, 0.1) is 21.3 Å². The summed E-state index contributed by atoms with van der Waals surface area (Å²) in [5.41, 5.74) is 1.63. The lowest BCUT2D eigenvalue weighted by molar-refractivity contribution is -0.131. The molecule has 0 N–H and O–H groups in total. The normalized spacial score (nSPS) is 10.5. The highest BCUT2D eigenvalue weighted by molar-refractivity contribution is 5.75. The Morgan fingerprint density at radius 2 is 1.72 bits per heavy atom. The van der Waals surface area contributed by atoms with Gasteiger partial charge in [-0.05, 0) is 29.5 Å². The number of benzene rings is 2. The topological polar surface area (TPSA) is 91.6 Å². The lowest BCUT2D eigenvalue weighted by Crippen LogP contribution is -2.30.